The number of oxime groups is 1. The van der Waals surface area contributed by atoms with E-state index in [1.165, 1.54) is 18.4 Å². The zero-order valence-corrected chi connectivity index (χ0v) is 7.53. The Kier molecular flexibility index (Phi) is 2.59. The predicted molar refractivity (Wildman–Crippen MR) is 44.9 cm³/mol. The smallest absolute Gasteiger partial charge is 0.153 e. The first-order valence-corrected chi connectivity index (χ1v) is 3.99. The van der Waals surface area contributed by atoms with Crippen LogP contribution in [0, 0.1) is 12.4 Å². The zero-order valence-electron chi connectivity index (χ0n) is 6.71. The largest absolute Gasteiger partial charge is 0.399 e. The van der Waals surface area contributed by atoms with Crippen molar-refractivity contribution in [3.8, 4) is 0 Å². The molecule has 0 unspecified atom stereocenters. The van der Waals surface area contributed by atoms with E-state index in [9.17, 15) is 0 Å². The van der Waals surface area contributed by atoms with Crippen molar-refractivity contribution in [3.05, 3.63) is 16.1 Å². The van der Waals surface area contributed by atoms with Crippen molar-refractivity contribution >= 4 is 17.0 Å². The Morgan fingerprint density at radius 2 is 2.45 bits per heavy atom. The van der Waals surface area contributed by atoms with Crippen molar-refractivity contribution in [1.82, 2.24) is 4.98 Å². The fourth-order valence-electron chi connectivity index (χ4n) is 0.780. The number of aromatic nitrogens is 1. The van der Waals surface area contributed by atoms with Gasteiger partial charge in [-0.3, -0.25) is 0 Å². The number of hydrogen-bond donors (Lipinski definition) is 0. The van der Waals surface area contributed by atoms with E-state index < -0.39 is 0 Å². The second-order valence-electron chi connectivity index (χ2n) is 2.07. The summed E-state index contributed by atoms with van der Waals surface area (Å²) >= 11 is 1.49. The van der Waals surface area contributed by atoms with Gasteiger partial charge in [-0.25, -0.2) is 4.98 Å². The number of nitrogens with zero attached hydrogens (tertiary/aromatic N) is 2. The minimum absolute atomic E-state index is 0.794. The third-order valence-corrected chi connectivity index (χ3v) is 1.94. The van der Waals surface area contributed by atoms with Gasteiger partial charge < -0.3 is 4.84 Å². The van der Waals surface area contributed by atoms with E-state index in [1.807, 2.05) is 13.8 Å². The monoisotopic (exact) mass is 169 g/mol. The van der Waals surface area contributed by atoms with Gasteiger partial charge in [-0.1, -0.05) is 5.16 Å². The molecule has 0 saturated carbocycles. The van der Waals surface area contributed by atoms with Crippen LogP contribution in [-0.4, -0.2) is 17.8 Å². The second-order valence-corrected chi connectivity index (χ2v) is 3.07. The van der Waals surface area contributed by atoms with E-state index in [4.69, 9.17) is 0 Å². The maximum Gasteiger partial charge on any atom is 0.153 e. The minimum atomic E-state index is 0.794. The molecular formula is C7H9N2OS. The molecule has 0 N–H and O–H groups in total. The SMILES string of the molecule is CO/N=C(\C)c1n[c]sc1C. The summed E-state index contributed by atoms with van der Waals surface area (Å²) in [4.78, 5) is 9.75. The van der Waals surface area contributed by atoms with Gasteiger partial charge in [-0.2, -0.15) is 0 Å². The van der Waals surface area contributed by atoms with Crippen molar-refractivity contribution in [2.75, 3.05) is 7.11 Å². The first kappa shape index (κ1) is 8.20. The maximum atomic E-state index is 4.62. The highest BCUT2D eigenvalue weighted by Gasteiger charge is 2.04. The predicted octanol–water partition coefficient (Wildman–Crippen LogP) is 1.62. The molecule has 59 valence electrons. The molecule has 0 amide bonds. The number of thiazole rings is 1. The van der Waals surface area contributed by atoms with Crippen LogP contribution in [0.2, 0.25) is 0 Å². The summed E-state index contributed by atoms with van der Waals surface area (Å²) in [5.41, 5.74) is 4.46. The summed E-state index contributed by atoms with van der Waals surface area (Å²) in [6.45, 7) is 3.84. The van der Waals surface area contributed by atoms with Crippen LogP contribution in [0.25, 0.3) is 0 Å². The maximum absolute atomic E-state index is 4.62. The van der Waals surface area contributed by atoms with E-state index in [2.05, 4.69) is 20.5 Å². The van der Waals surface area contributed by atoms with E-state index in [-0.39, 0.29) is 0 Å². The van der Waals surface area contributed by atoms with Crippen LogP contribution >= 0.6 is 11.3 Å². The topological polar surface area (TPSA) is 34.5 Å². The van der Waals surface area contributed by atoms with Crippen LogP contribution in [0.5, 0.6) is 0 Å². The molecule has 0 atom stereocenters. The summed E-state index contributed by atoms with van der Waals surface area (Å²) in [6.07, 6.45) is 0. The van der Waals surface area contributed by atoms with Crippen LogP contribution in [0.1, 0.15) is 17.5 Å². The lowest BCUT2D eigenvalue weighted by Gasteiger charge is -1.94. The molecule has 0 aliphatic carbocycles. The molecule has 0 aromatic carbocycles. The fraction of sp³-hybridized carbons (Fsp3) is 0.429. The highest BCUT2D eigenvalue weighted by Crippen LogP contribution is 2.11. The minimum Gasteiger partial charge on any atom is -0.399 e. The lowest BCUT2D eigenvalue weighted by molar-refractivity contribution is 0.213. The summed E-state index contributed by atoms with van der Waals surface area (Å²) in [5.74, 6) is 0. The molecular weight excluding hydrogens is 160 g/mol. The molecule has 0 aliphatic rings. The van der Waals surface area contributed by atoms with Gasteiger partial charge in [0.25, 0.3) is 0 Å². The number of aryl methyl sites for hydroxylation is 1. The molecule has 1 rings (SSSR count). The van der Waals surface area contributed by atoms with Gasteiger partial charge in [-0.05, 0) is 13.8 Å². The van der Waals surface area contributed by atoms with Crippen LogP contribution in [0.4, 0.5) is 0 Å². The molecule has 1 heterocycles. The van der Waals surface area contributed by atoms with Crippen LogP contribution in [0.15, 0.2) is 5.16 Å². The Morgan fingerprint density at radius 3 is 2.91 bits per heavy atom. The van der Waals surface area contributed by atoms with Crippen molar-refractivity contribution in [3.63, 3.8) is 0 Å². The lowest BCUT2D eigenvalue weighted by atomic mass is 10.3. The van der Waals surface area contributed by atoms with Gasteiger partial charge in [0, 0.05) is 4.88 Å². The standard InChI is InChI=1S/C7H9N2OS/c1-5(9-10-3)7-6(2)11-4-8-7/h1-3H3/b9-5+. The van der Waals surface area contributed by atoms with Gasteiger partial charge >= 0.3 is 0 Å². The van der Waals surface area contributed by atoms with E-state index in [0.717, 1.165) is 16.3 Å². The molecule has 0 fully saturated rings. The molecule has 4 heteroatoms. The summed E-state index contributed by atoms with van der Waals surface area (Å²) in [6, 6.07) is 0. The van der Waals surface area contributed by atoms with Crippen molar-refractivity contribution < 1.29 is 4.84 Å². The first-order valence-electron chi connectivity index (χ1n) is 3.17. The van der Waals surface area contributed by atoms with Crippen LogP contribution in [-0.2, 0) is 4.84 Å². The average molecular weight is 169 g/mol. The van der Waals surface area contributed by atoms with Crippen molar-refractivity contribution in [1.29, 1.82) is 0 Å². The Labute approximate surface area is 69.7 Å². The molecule has 3 nitrogen and oxygen atoms in total. The zero-order chi connectivity index (χ0) is 8.27. The van der Waals surface area contributed by atoms with Gasteiger partial charge in [0.15, 0.2) is 5.51 Å². The summed E-state index contributed by atoms with van der Waals surface area (Å²) < 4.78 is 0. The third kappa shape index (κ3) is 1.77. The molecule has 0 saturated heterocycles. The van der Waals surface area contributed by atoms with Crippen LogP contribution < -0.4 is 0 Å². The number of hydrogen-bond acceptors (Lipinski definition) is 4. The molecule has 0 spiro atoms. The van der Waals surface area contributed by atoms with E-state index in [0.29, 0.717) is 0 Å². The normalized spacial score (nSPS) is 11.7. The molecule has 1 aromatic rings. The van der Waals surface area contributed by atoms with Gasteiger partial charge in [0.05, 0.1) is 0 Å². The van der Waals surface area contributed by atoms with E-state index >= 15 is 0 Å². The van der Waals surface area contributed by atoms with Gasteiger partial charge in [0.1, 0.15) is 18.5 Å². The Balaban J connectivity index is 2.92. The van der Waals surface area contributed by atoms with Gasteiger partial charge in [-0.15, -0.1) is 11.3 Å². The molecule has 1 radical (unpaired) electrons. The molecule has 0 aliphatic heterocycles. The average Bonchev–Trinajstić information content (AvgIpc) is 2.36. The first-order chi connectivity index (χ1) is 5.25. The summed E-state index contributed by atoms with van der Waals surface area (Å²) in [7, 11) is 1.52. The Bertz CT molecular complexity index is 267. The Hall–Kier alpha value is -0.900. The van der Waals surface area contributed by atoms with Crippen molar-refractivity contribution in [2.24, 2.45) is 5.16 Å². The summed E-state index contributed by atoms with van der Waals surface area (Å²) in [5, 5.41) is 3.77. The van der Waals surface area contributed by atoms with E-state index in [1.54, 1.807) is 0 Å². The fourth-order valence-corrected chi connectivity index (χ4v) is 1.34. The highest BCUT2D eigenvalue weighted by molar-refractivity contribution is 7.09. The quantitative estimate of drug-likeness (QED) is 0.498. The molecule has 0 bridgehead atoms. The molecule has 11 heavy (non-hydrogen) atoms. The number of rotatable bonds is 2. The van der Waals surface area contributed by atoms with Gasteiger partial charge in [0.2, 0.25) is 0 Å². The molecule has 1 aromatic heterocycles. The highest BCUT2D eigenvalue weighted by atomic mass is 32.1. The van der Waals surface area contributed by atoms with Crippen LogP contribution in [0.3, 0.4) is 0 Å². The lowest BCUT2D eigenvalue weighted by Crippen LogP contribution is -1.97. The second kappa shape index (κ2) is 3.48. The third-order valence-electron chi connectivity index (χ3n) is 1.26. The Morgan fingerprint density at radius 1 is 1.73 bits per heavy atom. The van der Waals surface area contributed by atoms with Crippen molar-refractivity contribution in [2.45, 2.75) is 13.8 Å².